The van der Waals surface area contributed by atoms with Crippen molar-refractivity contribution in [1.82, 2.24) is 9.80 Å². The molecule has 1 saturated heterocycles. The highest BCUT2D eigenvalue weighted by molar-refractivity contribution is 5.89. The molecule has 0 radical (unpaired) electrons. The van der Waals surface area contributed by atoms with E-state index in [1.807, 2.05) is 32.9 Å². The fourth-order valence-corrected chi connectivity index (χ4v) is 2.97. The van der Waals surface area contributed by atoms with Gasteiger partial charge in [-0.3, -0.25) is 0 Å². The number of urea groups is 1. The molecule has 150 valence electrons. The van der Waals surface area contributed by atoms with Gasteiger partial charge in [0.1, 0.15) is 5.60 Å². The number of nitrogens with one attached hydrogen (secondary N) is 1. The lowest BCUT2D eigenvalue weighted by Gasteiger charge is -2.26. The van der Waals surface area contributed by atoms with Gasteiger partial charge in [-0.1, -0.05) is 25.5 Å². The fourth-order valence-electron chi connectivity index (χ4n) is 2.97. The van der Waals surface area contributed by atoms with Crippen LogP contribution >= 0.6 is 0 Å². The molecule has 1 aromatic carbocycles. The molecule has 0 bridgehead atoms. The number of ether oxygens (including phenoxy) is 1. The number of hydrogen-bond donors (Lipinski definition) is 1. The molecule has 0 saturated carbocycles. The lowest BCUT2D eigenvalue weighted by Crippen LogP contribution is -2.41. The average molecular weight is 376 g/mol. The second-order valence-corrected chi connectivity index (χ2v) is 8.04. The minimum absolute atomic E-state index is 0.123. The molecular weight excluding hydrogens is 342 g/mol. The third-order valence-electron chi connectivity index (χ3n) is 4.46. The number of benzene rings is 1. The summed E-state index contributed by atoms with van der Waals surface area (Å²) in [6, 6.07) is 7.92. The zero-order valence-electron chi connectivity index (χ0n) is 17.1. The number of anilines is 1. The molecule has 0 aromatic heterocycles. The van der Waals surface area contributed by atoms with Crippen LogP contribution in [-0.2, 0) is 11.2 Å². The summed E-state index contributed by atoms with van der Waals surface area (Å²) in [5.74, 6) is 0. The van der Waals surface area contributed by atoms with Gasteiger partial charge in [-0.2, -0.15) is 0 Å². The van der Waals surface area contributed by atoms with Crippen LogP contribution < -0.4 is 5.32 Å². The molecule has 1 aliphatic rings. The van der Waals surface area contributed by atoms with E-state index in [1.165, 1.54) is 18.4 Å². The van der Waals surface area contributed by atoms with Crippen molar-refractivity contribution in [3.8, 4) is 0 Å². The van der Waals surface area contributed by atoms with Crippen LogP contribution in [0.2, 0.25) is 0 Å². The van der Waals surface area contributed by atoms with Crippen molar-refractivity contribution >= 4 is 17.8 Å². The maximum absolute atomic E-state index is 12.6. The largest absolute Gasteiger partial charge is 0.444 e. The number of hydrogen-bond acceptors (Lipinski definition) is 3. The number of amides is 3. The summed E-state index contributed by atoms with van der Waals surface area (Å²) in [5, 5.41) is 2.96. The molecule has 3 amide bonds. The van der Waals surface area contributed by atoms with Gasteiger partial charge < -0.3 is 19.9 Å². The molecule has 1 aromatic rings. The summed E-state index contributed by atoms with van der Waals surface area (Å²) in [7, 11) is 0. The van der Waals surface area contributed by atoms with Crippen molar-refractivity contribution < 1.29 is 14.3 Å². The van der Waals surface area contributed by atoms with Gasteiger partial charge in [0, 0.05) is 31.9 Å². The SMILES string of the molecule is CCCCc1ccc(NC(=O)N2CCCN(C(=O)OC(C)(C)C)CC2)cc1. The van der Waals surface area contributed by atoms with Crippen LogP contribution in [0.5, 0.6) is 0 Å². The van der Waals surface area contributed by atoms with E-state index in [2.05, 4.69) is 24.4 Å². The van der Waals surface area contributed by atoms with Crippen LogP contribution in [0.1, 0.15) is 52.5 Å². The van der Waals surface area contributed by atoms with Crippen LogP contribution in [0, 0.1) is 0 Å². The van der Waals surface area contributed by atoms with Crippen LogP contribution in [0.25, 0.3) is 0 Å². The first-order valence-corrected chi connectivity index (χ1v) is 9.91. The van der Waals surface area contributed by atoms with Crippen molar-refractivity contribution in [2.75, 3.05) is 31.5 Å². The normalized spacial score (nSPS) is 15.3. The van der Waals surface area contributed by atoms with E-state index in [0.717, 1.165) is 18.5 Å². The van der Waals surface area contributed by atoms with E-state index in [1.54, 1.807) is 9.80 Å². The molecule has 1 aliphatic heterocycles. The number of carbonyl (C=O) groups is 2. The number of nitrogens with zero attached hydrogens (tertiary/aromatic N) is 2. The Bertz CT molecular complexity index is 623. The number of rotatable bonds is 4. The number of unbranched alkanes of at least 4 members (excludes halogenated alkanes) is 1. The van der Waals surface area contributed by atoms with Gasteiger partial charge in [0.15, 0.2) is 0 Å². The van der Waals surface area contributed by atoms with Crippen LogP contribution in [0.3, 0.4) is 0 Å². The summed E-state index contributed by atoms with van der Waals surface area (Å²) in [5.41, 5.74) is 1.58. The van der Waals surface area contributed by atoms with Crippen LogP contribution in [0.4, 0.5) is 15.3 Å². The second-order valence-electron chi connectivity index (χ2n) is 8.04. The zero-order valence-corrected chi connectivity index (χ0v) is 17.1. The molecule has 27 heavy (non-hydrogen) atoms. The lowest BCUT2D eigenvalue weighted by molar-refractivity contribution is 0.0259. The molecule has 0 aliphatic carbocycles. The summed E-state index contributed by atoms with van der Waals surface area (Å²) in [4.78, 5) is 28.2. The van der Waals surface area contributed by atoms with E-state index in [-0.39, 0.29) is 12.1 Å². The summed E-state index contributed by atoms with van der Waals surface area (Å²) in [6.07, 6.45) is 3.84. The molecule has 6 nitrogen and oxygen atoms in total. The molecule has 6 heteroatoms. The number of carbonyl (C=O) groups excluding carboxylic acids is 2. The van der Waals surface area contributed by atoms with Crippen LogP contribution in [0.15, 0.2) is 24.3 Å². The van der Waals surface area contributed by atoms with E-state index in [9.17, 15) is 9.59 Å². The molecule has 1 heterocycles. The van der Waals surface area contributed by atoms with Gasteiger partial charge in [0.05, 0.1) is 0 Å². The van der Waals surface area contributed by atoms with Gasteiger partial charge in [0.25, 0.3) is 0 Å². The van der Waals surface area contributed by atoms with E-state index in [0.29, 0.717) is 26.2 Å². The van der Waals surface area contributed by atoms with Crippen molar-refractivity contribution in [1.29, 1.82) is 0 Å². The van der Waals surface area contributed by atoms with Crippen molar-refractivity contribution in [2.45, 2.75) is 59.0 Å². The third kappa shape index (κ3) is 7.12. The standard InChI is InChI=1S/C21H33N3O3/c1-5-6-8-17-9-11-18(12-10-17)22-19(25)23-13-7-14-24(16-15-23)20(26)27-21(2,3)4/h9-12H,5-8,13-16H2,1-4H3,(H,22,25). The van der Waals surface area contributed by atoms with Gasteiger partial charge in [0.2, 0.25) is 0 Å². The Morgan fingerprint density at radius 1 is 1.04 bits per heavy atom. The lowest BCUT2D eigenvalue weighted by atomic mass is 10.1. The van der Waals surface area contributed by atoms with Crippen molar-refractivity contribution in [2.24, 2.45) is 0 Å². The van der Waals surface area contributed by atoms with Crippen molar-refractivity contribution in [3.63, 3.8) is 0 Å². The summed E-state index contributed by atoms with van der Waals surface area (Å²) in [6.45, 7) is 9.96. The highest BCUT2D eigenvalue weighted by Crippen LogP contribution is 2.15. The van der Waals surface area contributed by atoms with Gasteiger partial charge in [-0.15, -0.1) is 0 Å². The Labute approximate surface area is 162 Å². The van der Waals surface area contributed by atoms with E-state index < -0.39 is 5.60 Å². The molecule has 0 spiro atoms. The topological polar surface area (TPSA) is 61.9 Å². The summed E-state index contributed by atoms with van der Waals surface area (Å²) < 4.78 is 5.43. The smallest absolute Gasteiger partial charge is 0.410 e. The molecular formula is C21H33N3O3. The molecule has 2 rings (SSSR count). The molecule has 1 N–H and O–H groups in total. The molecule has 0 atom stereocenters. The average Bonchev–Trinajstić information content (AvgIpc) is 2.86. The quantitative estimate of drug-likeness (QED) is 0.842. The Kier molecular flexibility index (Phi) is 7.51. The molecule has 1 fully saturated rings. The highest BCUT2D eigenvalue weighted by Gasteiger charge is 2.25. The number of aryl methyl sites for hydroxylation is 1. The summed E-state index contributed by atoms with van der Waals surface area (Å²) >= 11 is 0. The highest BCUT2D eigenvalue weighted by atomic mass is 16.6. The van der Waals surface area contributed by atoms with E-state index in [4.69, 9.17) is 4.74 Å². The Morgan fingerprint density at radius 3 is 2.30 bits per heavy atom. The maximum Gasteiger partial charge on any atom is 0.410 e. The Morgan fingerprint density at radius 2 is 1.67 bits per heavy atom. The van der Waals surface area contributed by atoms with Crippen molar-refractivity contribution in [3.05, 3.63) is 29.8 Å². The van der Waals surface area contributed by atoms with Crippen LogP contribution in [-0.4, -0.2) is 53.7 Å². The first-order valence-electron chi connectivity index (χ1n) is 9.91. The fraction of sp³-hybridized carbons (Fsp3) is 0.619. The van der Waals surface area contributed by atoms with Gasteiger partial charge >= 0.3 is 12.1 Å². The minimum Gasteiger partial charge on any atom is -0.444 e. The monoisotopic (exact) mass is 375 g/mol. The zero-order chi connectivity index (χ0) is 19.9. The minimum atomic E-state index is -0.510. The Hall–Kier alpha value is -2.24. The Balaban J connectivity index is 1.85. The first kappa shape index (κ1) is 21.1. The third-order valence-corrected chi connectivity index (χ3v) is 4.46. The maximum atomic E-state index is 12.6. The predicted octanol–water partition coefficient (Wildman–Crippen LogP) is 4.50. The van der Waals surface area contributed by atoms with E-state index >= 15 is 0 Å². The first-order chi connectivity index (χ1) is 12.8. The second kappa shape index (κ2) is 9.62. The van der Waals surface area contributed by atoms with Gasteiger partial charge in [-0.05, 0) is 57.7 Å². The molecule has 0 unspecified atom stereocenters. The predicted molar refractivity (Wildman–Crippen MR) is 108 cm³/mol. The van der Waals surface area contributed by atoms with Gasteiger partial charge in [-0.25, -0.2) is 9.59 Å².